The molecule has 146 valence electrons. The molecular weight excluding hydrogens is 361 g/mol. The number of nitrogens with zero attached hydrogens (tertiary/aromatic N) is 2. The van der Waals surface area contributed by atoms with Gasteiger partial charge in [-0.25, -0.2) is 4.39 Å². The van der Waals surface area contributed by atoms with E-state index in [1.165, 1.54) is 44.3 Å². The molecule has 0 saturated carbocycles. The minimum Gasteiger partial charge on any atom is -0.496 e. The van der Waals surface area contributed by atoms with Crippen molar-refractivity contribution in [3.63, 3.8) is 0 Å². The molecule has 1 saturated heterocycles. The number of carbonyl (C=O) groups is 1. The highest BCUT2D eigenvalue weighted by atomic mass is 32.2. The molecule has 0 aromatic heterocycles. The van der Waals surface area contributed by atoms with Gasteiger partial charge in [0.05, 0.1) is 7.11 Å². The van der Waals surface area contributed by atoms with E-state index in [0.29, 0.717) is 6.54 Å². The van der Waals surface area contributed by atoms with Crippen LogP contribution in [-0.4, -0.2) is 63.9 Å². The number of hydrogen-bond donors (Lipinski definition) is 1. The SMILES string of the molecule is COc1cccc(F)c1C(=O)N1C[C@@H](NS(=O)(=O)N(C)C)[C@H](C(C)C)C1. The average molecular weight is 387 g/mol. The first-order valence-electron chi connectivity index (χ1n) is 8.40. The quantitative estimate of drug-likeness (QED) is 0.799. The summed E-state index contributed by atoms with van der Waals surface area (Å²) in [6.07, 6.45) is 0. The molecule has 1 heterocycles. The summed E-state index contributed by atoms with van der Waals surface area (Å²) in [4.78, 5) is 14.4. The standard InChI is InChI=1S/C17H26FN3O4S/c1-11(2)12-9-21(10-14(12)19-26(23,24)20(3)4)17(22)16-13(18)7-6-8-15(16)25-5/h6-8,11-12,14,19H,9-10H2,1-5H3/t12-,14+/m0/s1. The Morgan fingerprint density at radius 1 is 1.35 bits per heavy atom. The lowest BCUT2D eigenvalue weighted by Gasteiger charge is -2.24. The maximum Gasteiger partial charge on any atom is 0.279 e. The first kappa shape index (κ1) is 20.6. The first-order chi connectivity index (χ1) is 12.1. The van der Waals surface area contributed by atoms with Gasteiger partial charge in [-0.2, -0.15) is 17.4 Å². The van der Waals surface area contributed by atoms with Gasteiger partial charge < -0.3 is 9.64 Å². The van der Waals surface area contributed by atoms with Crippen molar-refractivity contribution in [2.75, 3.05) is 34.3 Å². The molecule has 2 atom stereocenters. The first-order valence-corrected chi connectivity index (χ1v) is 9.84. The third kappa shape index (κ3) is 4.16. The summed E-state index contributed by atoms with van der Waals surface area (Å²) in [5.74, 6) is -0.935. The van der Waals surface area contributed by atoms with Crippen LogP contribution in [0.3, 0.4) is 0 Å². The number of halogens is 1. The van der Waals surface area contributed by atoms with Crippen molar-refractivity contribution in [1.82, 2.24) is 13.9 Å². The minimum absolute atomic E-state index is 0.0774. The van der Waals surface area contributed by atoms with Gasteiger partial charge in [0.2, 0.25) is 0 Å². The summed E-state index contributed by atoms with van der Waals surface area (Å²) in [7, 11) is 0.618. The van der Waals surface area contributed by atoms with E-state index >= 15 is 0 Å². The van der Waals surface area contributed by atoms with E-state index in [0.717, 1.165) is 4.31 Å². The number of likely N-dealkylation sites (tertiary alicyclic amines) is 1. The molecule has 1 aromatic carbocycles. The molecule has 0 radical (unpaired) electrons. The highest BCUT2D eigenvalue weighted by Gasteiger charge is 2.40. The highest BCUT2D eigenvalue weighted by molar-refractivity contribution is 7.87. The van der Waals surface area contributed by atoms with Crippen LogP contribution >= 0.6 is 0 Å². The molecule has 1 aliphatic heterocycles. The summed E-state index contributed by atoms with van der Waals surface area (Å²) in [5.41, 5.74) is -0.131. The van der Waals surface area contributed by atoms with E-state index < -0.39 is 28.0 Å². The molecule has 1 aliphatic rings. The second-order valence-corrected chi connectivity index (χ2v) is 8.86. The van der Waals surface area contributed by atoms with Crippen molar-refractivity contribution in [2.45, 2.75) is 19.9 Å². The molecule has 1 aromatic rings. The molecule has 1 N–H and O–H groups in total. The third-order valence-corrected chi connectivity index (χ3v) is 6.26. The Morgan fingerprint density at radius 2 is 2.00 bits per heavy atom. The molecule has 7 nitrogen and oxygen atoms in total. The molecule has 9 heteroatoms. The molecule has 26 heavy (non-hydrogen) atoms. The normalized spacial score (nSPS) is 20.8. The number of amides is 1. The van der Waals surface area contributed by atoms with Gasteiger partial charge >= 0.3 is 0 Å². The van der Waals surface area contributed by atoms with E-state index in [2.05, 4.69) is 4.72 Å². The number of methoxy groups -OCH3 is 1. The number of benzene rings is 1. The van der Waals surface area contributed by atoms with E-state index in [4.69, 9.17) is 4.74 Å². The fourth-order valence-corrected chi connectivity index (χ4v) is 3.97. The fourth-order valence-electron chi connectivity index (χ4n) is 3.13. The lowest BCUT2D eigenvalue weighted by Crippen LogP contribution is -2.46. The van der Waals surface area contributed by atoms with Crippen molar-refractivity contribution >= 4 is 16.1 Å². The summed E-state index contributed by atoms with van der Waals surface area (Å²) in [6, 6.07) is 3.76. The lowest BCUT2D eigenvalue weighted by molar-refractivity contribution is 0.0774. The molecular formula is C17H26FN3O4S. The smallest absolute Gasteiger partial charge is 0.279 e. The third-order valence-electron chi connectivity index (χ3n) is 4.70. The second kappa shape index (κ2) is 7.89. The topological polar surface area (TPSA) is 79.0 Å². The van der Waals surface area contributed by atoms with Gasteiger partial charge in [-0.15, -0.1) is 0 Å². The Morgan fingerprint density at radius 3 is 2.54 bits per heavy atom. The summed E-state index contributed by atoms with van der Waals surface area (Å²) < 4.78 is 47.5. The Labute approximate surface area is 154 Å². The predicted octanol–water partition coefficient (Wildman–Crippen LogP) is 1.33. The Balaban J connectivity index is 2.29. The molecule has 0 spiro atoms. The zero-order valence-corrected chi connectivity index (χ0v) is 16.5. The Kier molecular flexibility index (Phi) is 6.25. The number of hydrogen-bond acceptors (Lipinski definition) is 4. The van der Waals surface area contributed by atoms with Crippen molar-refractivity contribution in [1.29, 1.82) is 0 Å². The predicted molar refractivity (Wildman–Crippen MR) is 96.7 cm³/mol. The zero-order chi connectivity index (χ0) is 19.6. The molecule has 0 bridgehead atoms. The van der Waals surface area contributed by atoms with Crippen molar-refractivity contribution in [3.8, 4) is 5.75 Å². The van der Waals surface area contributed by atoms with Gasteiger partial charge in [0.25, 0.3) is 16.1 Å². The van der Waals surface area contributed by atoms with Crippen molar-refractivity contribution in [2.24, 2.45) is 11.8 Å². The maximum atomic E-state index is 14.2. The van der Waals surface area contributed by atoms with E-state index in [-0.39, 0.29) is 29.7 Å². The van der Waals surface area contributed by atoms with Crippen LogP contribution in [0, 0.1) is 17.7 Å². The monoisotopic (exact) mass is 387 g/mol. The minimum atomic E-state index is -3.64. The van der Waals surface area contributed by atoms with Crippen LogP contribution in [0.1, 0.15) is 24.2 Å². The summed E-state index contributed by atoms with van der Waals surface area (Å²) >= 11 is 0. The van der Waals surface area contributed by atoms with Crippen LogP contribution in [0.2, 0.25) is 0 Å². The zero-order valence-electron chi connectivity index (χ0n) is 15.7. The van der Waals surface area contributed by atoms with E-state index in [1.807, 2.05) is 13.8 Å². The van der Waals surface area contributed by atoms with Gasteiger partial charge in [-0.05, 0) is 24.0 Å². The number of nitrogens with one attached hydrogen (secondary N) is 1. The van der Waals surface area contributed by atoms with Crippen molar-refractivity contribution in [3.05, 3.63) is 29.6 Å². The van der Waals surface area contributed by atoms with Crippen LogP contribution in [0.4, 0.5) is 4.39 Å². The van der Waals surface area contributed by atoms with Crippen LogP contribution in [0.15, 0.2) is 18.2 Å². The summed E-state index contributed by atoms with van der Waals surface area (Å²) in [6.45, 7) is 4.46. The maximum absolute atomic E-state index is 14.2. The van der Waals surface area contributed by atoms with Gasteiger partial charge in [0.15, 0.2) is 0 Å². The van der Waals surface area contributed by atoms with Crippen molar-refractivity contribution < 1.29 is 22.3 Å². The van der Waals surface area contributed by atoms with Crippen LogP contribution < -0.4 is 9.46 Å². The van der Waals surface area contributed by atoms with E-state index in [1.54, 1.807) is 0 Å². The number of carbonyl (C=O) groups excluding carboxylic acids is 1. The molecule has 0 aliphatic carbocycles. The van der Waals surface area contributed by atoms with Gasteiger partial charge in [0, 0.05) is 33.2 Å². The molecule has 1 fully saturated rings. The lowest BCUT2D eigenvalue weighted by atomic mass is 9.92. The second-order valence-electron chi connectivity index (χ2n) is 6.95. The van der Waals surface area contributed by atoms with Gasteiger partial charge in [0.1, 0.15) is 17.1 Å². The van der Waals surface area contributed by atoms with Crippen LogP contribution in [0.5, 0.6) is 5.75 Å². The Bertz CT molecular complexity index is 767. The van der Waals surface area contributed by atoms with Crippen LogP contribution in [-0.2, 0) is 10.2 Å². The molecule has 1 amide bonds. The average Bonchev–Trinajstić information content (AvgIpc) is 2.97. The number of rotatable bonds is 6. The summed E-state index contributed by atoms with van der Waals surface area (Å²) in [5, 5.41) is 0. The Hall–Kier alpha value is -1.71. The molecule has 2 rings (SSSR count). The molecule has 0 unspecified atom stereocenters. The van der Waals surface area contributed by atoms with Crippen LogP contribution in [0.25, 0.3) is 0 Å². The van der Waals surface area contributed by atoms with Gasteiger partial charge in [-0.1, -0.05) is 19.9 Å². The van der Waals surface area contributed by atoms with Gasteiger partial charge in [-0.3, -0.25) is 4.79 Å². The number of ether oxygens (including phenoxy) is 1. The highest BCUT2D eigenvalue weighted by Crippen LogP contribution is 2.29. The fraction of sp³-hybridized carbons (Fsp3) is 0.588. The van der Waals surface area contributed by atoms with E-state index in [9.17, 15) is 17.6 Å². The largest absolute Gasteiger partial charge is 0.496 e.